The van der Waals surface area contributed by atoms with Gasteiger partial charge in [-0.2, -0.15) is 0 Å². The molecule has 1 aliphatic rings. The van der Waals surface area contributed by atoms with Gasteiger partial charge in [0.25, 0.3) is 6.47 Å². The minimum absolute atomic E-state index is 0.0675. The molecule has 0 aliphatic heterocycles. The third kappa shape index (κ3) is 8.55. The molecule has 0 bridgehead atoms. The lowest BCUT2D eigenvalue weighted by atomic mass is 9.84. The number of nitrogen functional groups attached to an aromatic ring is 1. The molecule has 6 N–H and O–H groups in total. The molecule has 0 spiro atoms. The van der Waals surface area contributed by atoms with E-state index in [1.165, 1.54) is 17.7 Å². The molecule has 148 valence electrons. The van der Waals surface area contributed by atoms with Crippen LogP contribution in [-0.2, 0) is 16.6 Å². The standard InChI is InChI=1S/C13H21NO.C6H5ClN2.CH2O2/c1-5-6-9-7-10(13(2,3)4)12(15)11(14)8-9;7-4-1-2-5(8)6(9)3-4;2-1-3/h7-8,15H,5-6,14H2,1-4H3;1-3,8-9H;1H,(H,2,3). The van der Waals surface area contributed by atoms with E-state index < -0.39 is 0 Å². The zero-order valence-corrected chi connectivity index (χ0v) is 16.9. The van der Waals surface area contributed by atoms with Gasteiger partial charge in [-0.05, 0) is 41.7 Å². The summed E-state index contributed by atoms with van der Waals surface area (Å²) in [6.07, 6.45) is 6.65. The first-order chi connectivity index (χ1) is 12.5. The number of aryl methyl sites for hydroxylation is 1. The topological polar surface area (TPSA) is 131 Å². The lowest BCUT2D eigenvalue weighted by molar-refractivity contribution is -0.122. The smallest absolute Gasteiger partial charge is 0.290 e. The van der Waals surface area contributed by atoms with Crippen LogP contribution in [-0.4, -0.2) is 28.1 Å². The highest BCUT2D eigenvalue weighted by atomic mass is 35.5. The van der Waals surface area contributed by atoms with E-state index in [1.54, 1.807) is 6.08 Å². The number of halogens is 1. The molecular formula is C20H28ClN3O3. The molecule has 0 atom stereocenters. The van der Waals surface area contributed by atoms with Gasteiger partial charge in [0.15, 0.2) is 0 Å². The zero-order valence-electron chi connectivity index (χ0n) is 16.1. The van der Waals surface area contributed by atoms with Crippen LogP contribution in [0.1, 0.15) is 45.2 Å². The van der Waals surface area contributed by atoms with Gasteiger partial charge in [-0.3, -0.25) is 15.6 Å². The first-order valence-electron chi connectivity index (χ1n) is 8.40. The normalized spacial score (nSPS) is 13.0. The van der Waals surface area contributed by atoms with E-state index in [4.69, 9.17) is 38.1 Å². The van der Waals surface area contributed by atoms with Gasteiger partial charge in [0, 0.05) is 10.6 Å². The summed E-state index contributed by atoms with van der Waals surface area (Å²) in [6, 6.07) is 3.93. The van der Waals surface area contributed by atoms with Crippen LogP contribution in [0.4, 0.5) is 5.69 Å². The van der Waals surface area contributed by atoms with Crippen molar-refractivity contribution in [3.8, 4) is 5.75 Å². The molecular weight excluding hydrogens is 366 g/mol. The molecule has 1 aliphatic carbocycles. The van der Waals surface area contributed by atoms with E-state index in [0.29, 0.717) is 10.7 Å². The molecule has 6 nitrogen and oxygen atoms in total. The predicted molar refractivity (Wildman–Crippen MR) is 112 cm³/mol. The van der Waals surface area contributed by atoms with Crippen LogP contribution in [0.15, 0.2) is 35.4 Å². The molecule has 7 heteroatoms. The number of anilines is 1. The molecule has 0 heterocycles. The zero-order chi connectivity index (χ0) is 21.2. The first kappa shape index (κ1) is 24.4. The Hall–Kier alpha value is -2.60. The number of carbonyl (C=O) groups is 1. The van der Waals surface area contributed by atoms with Gasteiger partial charge >= 0.3 is 0 Å². The minimum Gasteiger partial charge on any atom is -0.505 e. The van der Waals surface area contributed by atoms with Gasteiger partial charge in [-0.15, -0.1) is 0 Å². The maximum atomic E-state index is 9.90. The van der Waals surface area contributed by atoms with Gasteiger partial charge < -0.3 is 15.9 Å². The van der Waals surface area contributed by atoms with Crippen molar-refractivity contribution in [3.05, 3.63) is 46.5 Å². The van der Waals surface area contributed by atoms with Crippen LogP contribution in [0, 0.1) is 10.8 Å². The highest BCUT2D eigenvalue weighted by molar-refractivity contribution is 6.51. The molecule has 1 aromatic rings. The number of allylic oxidation sites excluding steroid dienone is 4. The van der Waals surface area contributed by atoms with Gasteiger partial charge in [0.1, 0.15) is 5.75 Å². The fraction of sp³-hybridized carbons (Fsp3) is 0.350. The number of carboxylic acid groups (broad SMARTS) is 1. The largest absolute Gasteiger partial charge is 0.505 e. The molecule has 0 saturated heterocycles. The summed E-state index contributed by atoms with van der Waals surface area (Å²) in [5.41, 5.74) is 8.74. The second kappa shape index (κ2) is 11.2. The van der Waals surface area contributed by atoms with Crippen LogP contribution in [0.25, 0.3) is 0 Å². The van der Waals surface area contributed by atoms with Gasteiger partial charge in [-0.25, -0.2) is 0 Å². The Morgan fingerprint density at radius 1 is 1.19 bits per heavy atom. The Kier molecular flexibility index (Phi) is 10.1. The minimum atomic E-state index is -0.250. The van der Waals surface area contributed by atoms with Crippen molar-refractivity contribution in [3.63, 3.8) is 0 Å². The summed E-state index contributed by atoms with van der Waals surface area (Å²) in [5.74, 6) is 0.238. The number of phenolic OH excluding ortho intramolecular Hbond substituents is 1. The molecule has 0 saturated carbocycles. The van der Waals surface area contributed by atoms with Gasteiger partial charge in [-0.1, -0.05) is 51.8 Å². The van der Waals surface area contributed by atoms with Crippen molar-refractivity contribution in [2.24, 2.45) is 0 Å². The number of rotatable bonds is 2. The molecule has 0 unspecified atom stereocenters. The fourth-order valence-corrected chi connectivity index (χ4v) is 2.41. The van der Waals surface area contributed by atoms with E-state index in [9.17, 15) is 5.11 Å². The van der Waals surface area contributed by atoms with E-state index in [0.717, 1.165) is 18.4 Å². The molecule has 1 aromatic carbocycles. The third-order valence-electron chi connectivity index (χ3n) is 3.53. The summed E-state index contributed by atoms with van der Waals surface area (Å²) in [6.45, 7) is 8.13. The number of hydrogen-bond donors (Lipinski definition) is 5. The van der Waals surface area contributed by atoms with E-state index in [2.05, 4.69) is 33.8 Å². The second-order valence-electron chi connectivity index (χ2n) is 6.88. The fourth-order valence-electron chi connectivity index (χ4n) is 2.24. The maximum Gasteiger partial charge on any atom is 0.290 e. The third-order valence-corrected chi connectivity index (χ3v) is 3.76. The number of phenols is 1. The Balaban J connectivity index is 0.000000477. The quantitative estimate of drug-likeness (QED) is 0.216. The van der Waals surface area contributed by atoms with Crippen LogP contribution >= 0.6 is 11.6 Å². The van der Waals surface area contributed by atoms with Gasteiger partial charge in [0.2, 0.25) is 0 Å². The van der Waals surface area contributed by atoms with Crippen molar-refractivity contribution in [2.75, 3.05) is 5.73 Å². The second-order valence-corrected chi connectivity index (χ2v) is 7.31. The van der Waals surface area contributed by atoms with E-state index in [-0.39, 0.29) is 29.1 Å². The maximum absolute atomic E-state index is 9.90. The summed E-state index contributed by atoms with van der Waals surface area (Å²) >= 11 is 5.51. The number of hydrogen-bond acceptors (Lipinski definition) is 5. The Labute approximate surface area is 165 Å². The Bertz CT molecular complexity index is 748. The number of aromatic hydroxyl groups is 1. The summed E-state index contributed by atoms with van der Waals surface area (Å²) in [5, 5.41) is 31.5. The van der Waals surface area contributed by atoms with Crippen LogP contribution in [0.3, 0.4) is 0 Å². The van der Waals surface area contributed by atoms with Crippen molar-refractivity contribution >= 4 is 35.2 Å². The van der Waals surface area contributed by atoms with E-state index >= 15 is 0 Å². The highest BCUT2D eigenvalue weighted by Gasteiger charge is 2.20. The number of benzene rings is 1. The number of nitrogens with one attached hydrogen (secondary N) is 2. The summed E-state index contributed by atoms with van der Waals surface area (Å²) < 4.78 is 0. The Morgan fingerprint density at radius 2 is 1.74 bits per heavy atom. The molecule has 27 heavy (non-hydrogen) atoms. The first-order valence-corrected chi connectivity index (χ1v) is 8.78. The molecule has 0 fully saturated rings. The van der Waals surface area contributed by atoms with Crippen molar-refractivity contribution in [1.82, 2.24) is 0 Å². The Morgan fingerprint density at radius 3 is 2.15 bits per heavy atom. The van der Waals surface area contributed by atoms with Crippen molar-refractivity contribution in [1.29, 1.82) is 10.8 Å². The van der Waals surface area contributed by atoms with Gasteiger partial charge in [0.05, 0.1) is 17.1 Å². The van der Waals surface area contributed by atoms with Crippen molar-refractivity contribution < 1.29 is 15.0 Å². The average Bonchev–Trinajstić information content (AvgIpc) is 2.55. The molecule has 0 radical (unpaired) electrons. The lowest BCUT2D eigenvalue weighted by Gasteiger charge is -2.22. The summed E-state index contributed by atoms with van der Waals surface area (Å²) in [4.78, 5) is 8.36. The van der Waals surface area contributed by atoms with Crippen LogP contribution in [0.2, 0.25) is 0 Å². The summed E-state index contributed by atoms with van der Waals surface area (Å²) in [7, 11) is 0. The van der Waals surface area contributed by atoms with Crippen molar-refractivity contribution in [2.45, 2.75) is 46.0 Å². The average molecular weight is 394 g/mol. The van der Waals surface area contributed by atoms with Crippen LogP contribution in [0.5, 0.6) is 5.75 Å². The molecule has 0 aromatic heterocycles. The lowest BCUT2D eigenvalue weighted by Crippen LogP contribution is -2.12. The number of nitrogens with two attached hydrogens (primary N) is 1. The highest BCUT2D eigenvalue weighted by Crippen LogP contribution is 2.36. The predicted octanol–water partition coefficient (Wildman–Crippen LogP) is 4.64. The monoisotopic (exact) mass is 393 g/mol. The van der Waals surface area contributed by atoms with Crippen LogP contribution < -0.4 is 5.73 Å². The molecule has 0 amide bonds. The molecule has 2 rings (SSSR count). The SMILES string of the molecule is CCCc1cc(N)c(O)c(C(C)(C)C)c1.N=C1C=CC(Cl)=CC1=N.O=CO. The van der Waals surface area contributed by atoms with E-state index in [1.807, 2.05) is 6.07 Å².